The Morgan fingerprint density at radius 1 is 1.25 bits per heavy atom. The van der Waals surface area contributed by atoms with Gasteiger partial charge < -0.3 is 19.5 Å². The molecule has 0 atom stereocenters. The summed E-state index contributed by atoms with van der Waals surface area (Å²) in [5.74, 6) is 0.970. The Balaban J connectivity index is 1.78. The van der Waals surface area contributed by atoms with Crippen LogP contribution in [0.1, 0.15) is 61.2 Å². The Morgan fingerprint density at radius 3 is 2.43 bits per heavy atom. The van der Waals surface area contributed by atoms with Gasteiger partial charge in [0.05, 0.1) is 11.8 Å². The fraction of sp³-hybridized carbons (Fsp3) is 0.667. The summed E-state index contributed by atoms with van der Waals surface area (Å²) in [6.45, 7) is 9.29. The molecule has 1 aliphatic rings. The van der Waals surface area contributed by atoms with E-state index < -0.39 is 0 Å². The van der Waals surface area contributed by atoms with Gasteiger partial charge >= 0.3 is 0 Å². The first-order valence-corrected chi connectivity index (χ1v) is 10.1. The highest BCUT2D eigenvalue weighted by Gasteiger charge is 2.29. The van der Waals surface area contributed by atoms with Crippen molar-refractivity contribution in [3.63, 3.8) is 0 Å². The summed E-state index contributed by atoms with van der Waals surface area (Å²) in [7, 11) is 1.82. The van der Waals surface area contributed by atoms with Crippen molar-refractivity contribution in [2.45, 2.75) is 59.4 Å². The van der Waals surface area contributed by atoms with Gasteiger partial charge in [-0.1, -0.05) is 13.8 Å². The van der Waals surface area contributed by atoms with E-state index in [-0.39, 0.29) is 23.8 Å². The molecule has 2 heterocycles. The highest BCUT2D eigenvalue weighted by Crippen LogP contribution is 2.22. The summed E-state index contributed by atoms with van der Waals surface area (Å²) in [6, 6.07) is 0.107. The number of nitrogens with zero attached hydrogens (tertiary/aromatic N) is 2. The van der Waals surface area contributed by atoms with Crippen LogP contribution in [-0.4, -0.2) is 60.2 Å². The van der Waals surface area contributed by atoms with Gasteiger partial charge in [0.15, 0.2) is 0 Å². The smallest absolute Gasteiger partial charge is 0.257 e. The third kappa shape index (κ3) is 5.59. The van der Waals surface area contributed by atoms with Gasteiger partial charge in [-0.15, -0.1) is 0 Å². The normalized spacial score (nSPS) is 15.0. The van der Waals surface area contributed by atoms with Gasteiger partial charge in [-0.25, -0.2) is 0 Å². The molecule has 28 heavy (non-hydrogen) atoms. The molecule has 1 N–H and O–H groups in total. The molecule has 2 rings (SSSR count). The van der Waals surface area contributed by atoms with Crippen LogP contribution in [0, 0.1) is 19.8 Å². The highest BCUT2D eigenvalue weighted by atomic mass is 16.3. The molecule has 1 saturated heterocycles. The van der Waals surface area contributed by atoms with Gasteiger partial charge in [0, 0.05) is 51.1 Å². The maximum absolute atomic E-state index is 12.8. The SMILES string of the molecule is Cc1coc(C)c1C(=O)N(C)C1CCN(C(=O)CCNC(=O)CC(C)C)CC1. The number of carbonyl (C=O) groups is 3. The molecule has 0 radical (unpaired) electrons. The zero-order valence-electron chi connectivity index (χ0n) is 17.7. The van der Waals surface area contributed by atoms with Gasteiger partial charge in [0.2, 0.25) is 11.8 Å². The third-order valence-electron chi connectivity index (χ3n) is 5.31. The van der Waals surface area contributed by atoms with E-state index in [2.05, 4.69) is 5.32 Å². The summed E-state index contributed by atoms with van der Waals surface area (Å²) >= 11 is 0. The highest BCUT2D eigenvalue weighted by molar-refractivity contribution is 5.96. The summed E-state index contributed by atoms with van der Waals surface area (Å²) < 4.78 is 5.35. The van der Waals surface area contributed by atoms with E-state index in [0.29, 0.717) is 49.7 Å². The molecule has 1 aromatic rings. The molecule has 156 valence electrons. The molecule has 1 aromatic heterocycles. The first-order valence-electron chi connectivity index (χ1n) is 10.1. The van der Waals surface area contributed by atoms with Crippen LogP contribution in [0.3, 0.4) is 0 Å². The molecule has 0 aromatic carbocycles. The first-order chi connectivity index (χ1) is 13.2. The van der Waals surface area contributed by atoms with Gasteiger partial charge in [0.25, 0.3) is 5.91 Å². The number of amides is 3. The number of aryl methyl sites for hydroxylation is 2. The third-order valence-corrected chi connectivity index (χ3v) is 5.31. The number of nitrogens with one attached hydrogen (secondary N) is 1. The van der Waals surface area contributed by atoms with Gasteiger partial charge in [-0.05, 0) is 32.6 Å². The summed E-state index contributed by atoms with van der Waals surface area (Å²) in [5.41, 5.74) is 1.49. The van der Waals surface area contributed by atoms with E-state index in [9.17, 15) is 14.4 Å². The minimum absolute atomic E-state index is 0.00789. The van der Waals surface area contributed by atoms with E-state index in [1.54, 1.807) is 18.1 Å². The Hall–Kier alpha value is -2.31. The molecule has 0 spiro atoms. The van der Waals surface area contributed by atoms with Crippen molar-refractivity contribution in [1.29, 1.82) is 0 Å². The minimum atomic E-state index is -0.0265. The van der Waals surface area contributed by atoms with Crippen LogP contribution in [0.25, 0.3) is 0 Å². The lowest BCUT2D eigenvalue weighted by Gasteiger charge is -2.37. The monoisotopic (exact) mass is 391 g/mol. The predicted molar refractivity (Wildman–Crippen MR) is 107 cm³/mol. The number of piperidine rings is 1. The molecule has 7 heteroatoms. The Bertz CT molecular complexity index is 683. The Morgan fingerprint density at radius 2 is 1.89 bits per heavy atom. The quantitative estimate of drug-likeness (QED) is 0.774. The van der Waals surface area contributed by atoms with Gasteiger partial charge in [-0.2, -0.15) is 0 Å². The van der Waals surface area contributed by atoms with E-state index in [0.717, 1.165) is 18.4 Å². The maximum atomic E-state index is 12.8. The lowest BCUT2D eigenvalue weighted by atomic mass is 10.0. The van der Waals surface area contributed by atoms with Gasteiger partial charge in [-0.3, -0.25) is 14.4 Å². The molecule has 7 nitrogen and oxygen atoms in total. The maximum Gasteiger partial charge on any atom is 0.257 e. The zero-order chi connectivity index (χ0) is 20.8. The van der Waals surface area contributed by atoms with Crippen molar-refractivity contribution < 1.29 is 18.8 Å². The van der Waals surface area contributed by atoms with Crippen LogP contribution >= 0.6 is 0 Å². The molecule has 0 aliphatic carbocycles. The number of carbonyl (C=O) groups excluding carboxylic acids is 3. The van der Waals surface area contributed by atoms with Crippen LogP contribution in [-0.2, 0) is 9.59 Å². The number of hydrogen-bond donors (Lipinski definition) is 1. The average molecular weight is 392 g/mol. The van der Waals surface area contributed by atoms with E-state index in [4.69, 9.17) is 4.42 Å². The largest absolute Gasteiger partial charge is 0.469 e. The average Bonchev–Trinajstić information content (AvgIpc) is 2.98. The molecule has 0 saturated carbocycles. The topological polar surface area (TPSA) is 82.9 Å². The van der Waals surface area contributed by atoms with Crippen molar-refractivity contribution in [2.24, 2.45) is 5.92 Å². The van der Waals surface area contributed by atoms with Crippen LogP contribution in [0.2, 0.25) is 0 Å². The van der Waals surface area contributed by atoms with Crippen LogP contribution in [0.5, 0.6) is 0 Å². The van der Waals surface area contributed by atoms with Gasteiger partial charge in [0.1, 0.15) is 5.76 Å². The van der Waals surface area contributed by atoms with Crippen molar-refractivity contribution in [1.82, 2.24) is 15.1 Å². The van der Waals surface area contributed by atoms with Crippen LogP contribution in [0.15, 0.2) is 10.7 Å². The number of hydrogen-bond acceptors (Lipinski definition) is 4. The molecule has 1 fully saturated rings. The predicted octanol–water partition coefficient (Wildman–Crippen LogP) is 2.51. The van der Waals surface area contributed by atoms with Crippen molar-refractivity contribution in [3.05, 3.63) is 23.2 Å². The first kappa shape index (κ1) is 22.0. The van der Waals surface area contributed by atoms with Crippen molar-refractivity contribution >= 4 is 17.7 Å². The second-order valence-electron chi connectivity index (χ2n) is 8.08. The number of furan rings is 1. The minimum Gasteiger partial charge on any atom is -0.469 e. The second kappa shape index (κ2) is 9.75. The molecule has 0 bridgehead atoms. The van der Waals surface area contributed by atoms with E-state index in [1.807, 2.05) is 32.7 Å². The van der Waals surface area contributed by atoms with Crippen LogP contribution in [0.4, 0.5) is 0 Å². The Kier molecular flexibility index (Phi) is 7.66. The summed E-state index contributed by atoms with van der Waals surface area (Å²) in [5, 5.41) is 2.80. The fourth-order valence-electron chi connectivity index (χ4n) is 3.65. The molecule has 3 amide bonds. The standard InChI is InChI=1S/C21H33N3O4/c1-14(2)12-18(25)22-9-6-19(26)24-10-7-17(8-11-24)23(5)21(27)20-15(3)13-28-16(20)4/h13-14,17H,6-12H2,1-5H3,(H,22,25). The zero-order valence-corrected chi connectivity index (χ0v) is 17.7. The molecular weight excluding hydrogens is 358 g/mol. The molecule has 0 unspecified atom stereocenters. The summed E-state index contributed by atoms with van der Waals surface area (Å²) in [6.07, 6.45) is 3.91. The number of rotatable bonds is 7. The van der Waals surface area contributed by atoms with Crippen molar-refractivity contribution in [3.8, 4) is 0 Å². The molecule has 1 aliphatic heterocycles. The second-order valence-corrected chi connectivity index (χ2v) is 8.08. The molecular formula is C21H33N3O4. The number of likely N-dealkylation sites (tertiary alicyclic amines) is 1. The summed E-state index contributed by atoms with van der Waals surface area (Å²) in [4.78, 5) is 40.4. The lowest BCUT2D eigenvalue weighted by Crippen LogP contribution is -2.47. The van der Waals surface area contributed by atoms with E-state index >= 15 is 0 Å². The van der Waals surface area contributed by atoms with Crippen LogP contribution < -0.4 is 5.32 Å². The lowest BCUT2D eigenvalue weighted by molar-refractivity contribution is -0.132. The van der Waals surface area contributed by atoms with E-state index in [1.165, 1.54) is 0 Å². The Labute approximate surface area is 167 Å². The van der Waals surface area contributed by atoms with Crippen molar-refractivity contribution in [2.75, 3.05) is 26.7 Å². The fourth-order valence-corrected chi connectivity index (χ4v) is 3.65.